The smallest absolute Gasteiger partial charge is 0.317 e. The first-order chi connectivity index (χ1) is 16.0. The van der Waals surface area contributed by atoms with E-state index in [1.54, 1.807) is 30.3 Å². The van der Waals surface area contributed by atoms with E-state index in [9.17, 15) is 9.18 Å². The monoisotopic (exact) mass is 449 g/mol. The van der Waals surface area contributed by atoms with Crippen LogP contribution in [0.5, 0.6) is 5.75 Å². The SMILES string of the molecule is COc1c(C)cnc(CNC(=O)N2CC(c3ccccc3)OC(c3ccc(F)cc3)C2)c1C. The minimum Gasteiger partial charge on any atom is -0.496 e. The Labute approximate surface area is 193 Å². The highest BCUT2D eigenvalue weighted by atomic mass is 19.1. The lowest BCUT2D eigenvalue weighted by Gasteiger charge is -2.38. The lowest BCUT2D eigenvalue weighted by atomic mass is 10.0. The van der Waals surface area contributed by atoms with Crippen LogP contribution in [0.15, 0.2) is 60.8 Å². The molecule has 3 aromatic rings. The zero-order chi connectivity index (χ0) is 23.4. The third-order valence-electron chi connectivity index (χ3n) is 5.96. The quantitative estimate of drug-likeness (QED) is 0.604. The van der Waals surface area contributed by atoms with E-state index in [4.69, 9.17) is 9.47 Å². The van der Waals surface area contributed by atoms with Crippen molar-refractivity contribution in [3.05, 3.63) is 94.6 Å². The number of carbonyl (C=O) groups is 1. The second kappa shape index (κ2) is 10.0. The van der Waals surface area contributed by atoms with E-state index >= 15 is 0 Å². The van der Waals surface area contributed by atoms with E-state index in [0.717, 1.165) is 33.7 Å². The van der Waals surface area contributed by atoms with Gasteiger partial charge in [-0.05, 0) is 37.1 Å². The molecule has 1 fully saturated rings. The summed E-state index contributed by atoms with van der Waals surface area (Å²) in [6.45, 7) is 4.94. The fraction of sp³-hybridized carbons (Fsp3) is 0.308. The Bertz CT molecular complexity index is 1110. The van der Waals surface area contributed by atoms with E-state index in [1.807, 2.05) is 44.2 Å². The zero-order valence-corrected chi connectivity index (χ0v) is 19.0. The van der Waals surface area contributed by atoms with E-state index in [-0.39, 0.29) is 30.6 Å². The Morgan fingerprint density at radius 3 is 2.36 bits per heavy atom. The van der Waals surface area contributed by atoms with Gasteiger partial charge >= 0.3 is 6.03 Å². The summed E-state index contributed by atoms with van der Waals surface area (Å²) in [4.78, 5) is 19.4. The maximum atomic E-state index is 13.4. The molecule has 0 bridgehead atoms. The molecular weight excluding hydrogens is 421 g/mol. The number of benzene rings is 2. The van der Waals surface area contributed by atoms with Crippen LogP contribution in [0.25, 0.3) is 0 Å². The van der Waals surface area contributed by atoms with E-state index in [1.165, 1.54) is 12.1 Å². The number of urea groups is 1. The van der Waals surface area contributed by atoms with Gasteiger partial charge in [0.15, 0.2) is 0 Å². The summed E-state index contributed by atoms with van der Waals surface area (Å²) in [6.07, 6.45) is 1.09. The molecule has 1 saturated heterocycles. The fourth-order valence-corrected chi connectivity index (χ4v) is 4.16. The standard InChI is InChI=1S/C26H28FN3O3/c1-17-13-28-22(18(2)25(17)32-3)14-29-26(31)30-15-23(19-7-5-4-6-8-19)33-24(16-30)20-9-11-21(27)12-10-20/h4-13,23-24H,14-16H2,1-3H3,(H,29,31). The van der Waals surface area contributed by atoms with Crippen LogP contribution in [-0.2, 0) is 11.3 Å². The first kappa shape index (κ1) is 22.7. The van der Waals surface area contributed by atoms with Crippen LogP contribution in [0.1, 0.15) is 40.2 Å². The molecule has 2 atom stereocenters. The first-order valence-corrected chi connectivity index (χ1v) is 10.9. The van der Waals surface area contributed by atoms with Gasteiger partial charge in [0.25, 0.3) is 0 Å². The number of amides is 2. The van der Waals surface area contributed by atoms with Crippen molar-refractivity contribution in [2.45, 2.75) is 32.6 Å². The number of aromatic nitrogens is 1. The van der Waals surface area contributed by atoms with Crippen molar-refractivity contribution in [1.29, 1.82) is 0 Å². The summed E-state index contributed by atoms with van der Waals surface area (Å²) in [5.41, 5.74) is 4.43. The summed E-state index contributed by atoms with van der Waals surface area (Å²) in [7, 11) is 1.63. The average molecular weight is 450 g/mol. The number of nitrogens with zero attached hydrogens (tertiary/aromatic N) is 2. The minimum absolute atomic E-state index is 0.202. The molecule has 1 aliphatic rings. The second-order valence-electron chi connectivity index (χ2n) is 8.19. The van der Waals surface area contributed by atoms with Crippen molar-refractivity contribution in [2.24, 2.45) is 0 Å². The molecule has 2 amide bonds. The summed E-state index contributed by atoms with van der Waals surface area (Å²) in [5, 5.41) is 2.99. The number of halogens is 1. The maximum Gasteiger partial charge on any atom is 0.317 e. The molecule has 1 N–H and O–H groups in total. The van der Waals surface area contributed by atoms with Gasteiger partial charge in [-0.25, -0.2) is 9.18 Å². The highest BCUT2D eigenvalue weighted by molar-refractivity contribution is 5.74. The third kappa shape index (κ3) is 5.14. The van der Waals surface area contributed by atoms with Crippen LogP contribution in [0, 0.1) is 19.7 Å². The Kier molecular flexibility index (Phi) is 6.89. The van der Waals surface area contributed by atoms with Crippen LogP contribution in [0.4, 0.5) is 9.18 Å². The van der Waals surface area contributed by atoms with Crippen LogP contribution >= 0.6 is 0 Å². The van der Waals surface area contributed by atoms with Gasteiger partial charge in [-0.3, -0.25) is 4.98 Å². The largest absolute Gasteiger partial charge is 0.496 e. The molecular formula is C26H28FN3O3. The lowest BCUT2D eigenvalue weighted by molar-refractivity contribution is -0.0767. The molecule has 1 aromatic heterocycles. The van der Waals surface area contributed by atoms with Crippen molar-refractivity contribution in [3.63, 3.8) is 0 Å². The number of hydrogen-bond acceptors (Lipinski definition) is 4. The number of hydrogen-bond donors (Lipinski definition) is 1. The summed E-state index contributed by atoms with van der Waals surface area (Å²) in [6, 6.07) is 15.8. The second-order valence-corrected chi connectivity index (χ2v) is 8.19. The maximum absolute atomic E-state index is 13.4. The molecule has 4 rings (SSSR count). The lowest BCUT2D eigenvalue weighted by Crippen LogP contribution is -2.48. The van der Waals surface area contributed by atoms with Gasteiger partial charge in [-0.2, -0.15) is 0 Å². The number of methoxy groups -OCH3 is 1. The number of rotatable bonds is 5. The molecule has 0 aliphatic carbocycles. The third-order valence-corrected chi connectivity index (χ3v) is 5.96. The van der Waals surface area contributed by atoms with E-state index in [0.29, 0.717) is 13.1 Å². The number of pyridine rings is 1. The Morgan fingerprint density at radius 2 is 1.73 bits per heavy atom. The van der Waals surface area contributed by atoms with Crippen molar-refractivity contribution in [3.8, 4) is 5.75 Å². The van der Waals surface area contributed by atoms with E-state index < -0.39 is 0 Å². The molecule has 172 valence electrons. The minimum atomic E-state index is -0.366. The van der Waals surface area contributed by atoms with Gasteiger partial charge in [0.1, 0.15) is 23.8 Å². The van der Waals surface area contributed by atoms with Gasteiger partial charge in [0, 0.05) is 17.3 Å². The molecule has 0 saturated carbocycles. The summed E-state index contributed by atoms with van der Waals surface area (Å²) >= 11 is 0. The highest BCUT2D eigenvalue weighted by Crippen LogP contribution is 2.33. The predicted octanol–water partition coefficient (Wildman–Crippen LogP) is 4.87. The number of nitrogens with one attached hydrogen (secondary N) is 1. The fourth-order valence-electron chi connectivity index (χ4n) is 4.16. The molecule has 2 unspecified atom stereocenters. The number of aryl methyl sites for hydroxylation is 1. The molecule has 1 aliphatic heterocycles. The van der Waals surface area contributed by atoms with Gasteiger partial charge < -0.3 is 19.7 Å². The zero-order valence-electron chi connectivity index (χ0n) is 19.0. The molecule has 0 spiro atoms. The van der Waals surface area contributed by atoms with Crippen molar-refractivity contribution < 1.29 is 18.7 Å². The Balaban J connectivity index is 1.52. The highest BCUT2D eigenvalue weighted by Gasteiger charge is 2.32. The summed E-state index contributed by atoms with van der Waals surface area (Å²) in [5.74, 6) is 0.473. The molecule has 33 heavy (non-hydrogen) atoms. The summed E-state index contributed by atoms with van der Waals surface area (Å²) < 4.78 is 25.2. The van der Waals surface area contributed by atoms with Crippen LogP contribution < -0.4 is 10.1 Å². The molecule has 0 radical (unpaired) electrons. The van der Waals surface area contributed by atoms with Crippen molar-refractivity contribution in [1.82, 2.24) is 15.2 Å². The Morgan fingerprint density at radius 1 is 1.09 bits per heavy atom. The molecule has 6 nitrogen and oxygen atoms in total. The average Bonchev–Trinajstić information content (AvgIpc) is 2.84. The van der Waals surface area contributed by atoms with Crippen LogP contribution in [0.2, 0.25) is 0 Å². The van der Waals surface area contributed by atoms with Crippen LogP contribution in [-0.4, -0.2) is 36.1 Å². The van der Waals surface area contributed by atoms with Gasteiger partial charge in [0.2, 0.25) is 0 Å². The van der Waals surface area contributed by atoms with E-state index in [2.05, 4.69) is 10.3 Å². The molecule has 2 heterocycles. The van der Waals surface area contributed by atoms with Crippen molar-refractivity contribution >= 4 is 6.03 Å². The van der Waals surface area contributed by atoms with Crippen LogP contribution in [0.3, 0.4) is 0 Å². The van der Waals surface area contributed by atoms with Crippen molar-refractivity contribution in [2.75, 3.05) is 20.2 Å². The van der Waals surface area contributed by atoms with Gasteiger partial charge in [-0.15, -0.1) is 0 Å². The van der Waals surface area contributed by atoms with Gasteiger partial charge in [-0.1, -0.05) is 42.5 Å². The number of carbonyl (C=O) groups excluding carboxylic acids is 1. The topological polar surface area (TPSA) is 63.7 Å². The normalized spacial score (nSPS) is 18.1. The number of morpholine rings is 1. The molecule has 7 heteroatoms. The first-order valence-electron chi connectivity index (χ1n) is 10.9. The number of ether oxygens (including phenoxy) is 2. The predicted molar refractivity (Wildman–Crippen MR) is 123 cm³/mol. The Hall–Kier alpha value is -3.45. The van der Waals surface area contributed by atoms with Gasteiger partial charge in [0.05, 0.1) is 32.4 Å². The molecule has 2 aromatic carbocycles.